The highest BCUT2D eigenvalue weighted by Crippen LogP contribution is 2.34. The van der Waals surface area contributed by atoms with Crippen molar-refractivity contribution in [2.24, 2.45) is 0 Å². The maximum atomic E-state index is 12.6. The smallest absolute Gasteiger partial charge is 0.244 e. The Morgan fingerprint density at radius 3 is 2.82 bits per heavy atom. The van der Waals surface area contributed by atoms with Gasteiger partial charge in [-0.2, -0.15) is 4.72 Å². The Labute approximate surface area is 133 Å². The lowest BCUT2D eigenvalue weighted by atomic mass is 10.1. The summed E-state index contributed by atoms with van der Waals surface area (Å²) in [4.78, 5) is 0.00637. The van der Waals surface area contributed by atoms with Crippen LogP contribution in [0.5, 0.6) is 11.5 Å². The third kappa shape index (κ3) is 2.77. The molecule has 2 aromatic carbocycles. The second-order valence-electron chi connectivity index (χ2n) is 4.82. The Hall–Kier alpha value is -1.76. The molecule has 1 aliphatic heterocycles. The number of nitrogens with one attached hydrogen (secondary N) is 1. The molecule has 0 saturated heterocycles. The first-order chi connectivity index (χ1) is 10.5. The van der Waals surface area contributed by atoms with Gasteiger partial charge in [0.05, 0.1) is 13.2 Å². The maximum Gasteiger partial charge on any atom is 0.244 e. The Balaban J connectivity index is 1.94. The first kappa shape index (κ1) is 15.1. The summed E-state index contributed by atoms with van der Waals surface area (Å²) < 4.78 is 38.5. The van der Waals surface area contributed by atoms with Gasteiger partial charge < -0.3 is 9.47 Å². The summed E-state index contributed by atoms with van der Waals surface area (Å²) in [5, 5.41) is 0.323. The number of para-hydroxylation sites is 1. The summed E-state index contributed by atoms with van der Waals surface area (Å²) in [5.74, 6) is 0.928. The van der Waals surface area contributed by atoms with E-state index in [2.05, 4.69) is 4.72 Å². The summed E-state index contributed by atoms with van der Waals surface area (Å²) in [6, 6.07) is 11.4. The lowest BCUT2D eigenvalue weighted by Gasteiger charge is -2.14. The van der Waals surface area contributed by atoms with Gasteiger partial charge in [0, 0.05) is 10.6 Å². The van der Waals surface area contributed by atoms with Gasteiger partial charge in [0.2, 0.25) is 10.0 Å². The van der Waals surface area contributed by atoms with E-state index >= 15 is 0 Å². The molecule has 0 spiro atoms. The molecule has 7 heteroatoms. The standard InChI is InChI=1S/C15H14ClNO4S/c1-20-14-7-6-10(16)8-15(14)22(18,19)17-12-9-21-13-5-3-2-4-11(12)13/h2-8,12,17H,9H2,1H3. The Morgan fingerprint density at radius 1 is 1.27 bits per heavy atom. The van der Waals surface area contributed by atoms with Crippen LogP contribution in [0.15, 0.2) is 47.4 Å². The van der Waals surface area contributed by atoms with Crippen molar-refractivity contribution in [1.29, 1.82) is 0 Å². The quantitative estimate of drug-likeness (QED) is 0.930. The molecule has 0 amide bonds. The van der Waals surface area contributed by atoms with Crippen molar-refractivity contribution < 1.29 is 17.9 Å². The molecule has 0 aromatic heterocycles. The normalized spacial score (nSPS) is 16.9. The number of ether oxygens (including phenoxy) is 2. The van der Waals surface area contributed by atoms with Crippen LogP contribution in [-0.2, 0) is 10.0 Å². The maximum absolute atomic E-state index is 12.6. The molecule has 3 rings (SSSR count). The summed E-state index contributed by atoms with van der Waals surface area (Å²) in [6.45, 7) is 0.251. The van der Waals surface area contributed by atoms with Gasteiger partial charge in [-0.15, -0.1) is 0 Å². The summed E-state index contributed by atoms with van der Waals surface area (Å²) >= 11 is 5.91. The molecule has 0 radical (unpaired) electrons. The zero-order valence-corrected chi connectivity index (χ0v) is 13.3. The van der Waals surface area contributed by atoms with Crippen molar-refractivity contribution in [2.75, 3.05) is 13.7 Å². The van der Waals surface area contributed by atoms with Crippen LogP contribution in [0.3, 0.4) is 0 Å². The fourth-order valence-corrected chi connectivity index (χ4v) is 4.00. The molecule has 0 aliphatic carbocycles. The van der Waals surface area contributed by atoms with E-state index in [1.165, 1.54) is 19.2 Å². The van der Waals surface area contributed by atoms with Crippen molar-refractivity contribution in [2.45, 2.75) is 10.9 Å². The number of hydrogen-bond acceptors (Lipinski definition) is 4. The molecular formula is C15H14ClNO4S. The Kier molecular flexibility index (Phi) is 3.99. The minimum atomic E-state index is -3.79. The second-order valence-corrected chi connectivity index (χ2v) is 6.94. The van der Waals surface area contributed by atoms with Crippen molar-refractivity contribution in [3.05, 3.63) is 53.1 Å². The SMILES string of the molecule is COc1ccc(Cl)cc1S(=O)(=O)NC1COc2ccccc21. The zero-order chi connectivity index (χ0) is 15.7. The van der Waals surface area contributed by atoms with Crippen LogP contribution >= 0.6 is 11.6 Å². The van der Waals surface area contributed by atoms with E-state index in [1.807, 2.05) is 24.3 Å². The second kappa shape index (κ2) is 5.79. The van der Waals surface area contributed by atoms with Gasteiger partial charge in [0.25, 0.3) is 0 Å². The fourth-order valence-electron chi connectivity index (χ4n) is 2.37. The van der Waals surface area contributed by atoms with E-state index in [1.54, 1.807) is 6.07 Å². The number of fused-ring (bicyclic) bond motifs is 1. The highest BCUT2D eigenvalue weighted by molar-refractivity contribution is 7.89. The number of halogens is 1. The summed E-state index contributed by atoms with van der Waals surface area (Å²) in [5.41, 5.74) is 0.812. The largest absolute Gasteiger partial charge is 0.495 e. The summed E-state index contributed by atoms with van der Waals surface area (Å²) in [7, 11) is -2.38. The van der Waals surface area contributed by atoms with Gasteiger partial charge in [-0.3, -0.25) is 0 Å². The van der Waals surface area contributed by atoms with Crippen LogP contribution in [-0.4, -0.2) is 22.1 Å². The molecule has 22 heavy (non-hydrogen) atoms. The average molecular weight is 340 g/mol. The van der Waals surface area contributed by atoms with Crippen LogP contribution in [0.4, 0.5) is 0 Å². The van der Waals surface area contributed by atoms with Crippen LogP contribution in [0.2, 0.25) is 5.02 Å². The topological polar surface area (TPSA) is 64.6 Å². The lowest BCUT2D eigenvalue weighted by Crippen LogP contribution is -2.29. The molecule has 2 aromatic rings. The number of benzene rings is 2. The Bertz CT molecular complexity index is 807. The minimum absolute atomic E-state index is 0.00637. The van der Waals surface area contributed by atoms with Crippen molar-refractivity contribution in [3.8, 4) is 11.5 Å². The molecule has 116 valence electrons. The van der Waals surface area contributed by atoms with E-state index in [0.29, 0.717) is 10.8 Å². The van der Waals surface area contributed by atoms with Crippen molar-refractivity contribution in [3.63, 3.8) is 0 Å². The minimum Gasteiger partial charge on any atom is -0.495 e. The van der Waals surface area contributed by atoms with Crippen LogP contribution in [0, 0.1) is 0 Å². The molecule has 0 fully saturated rings. The van der Waals surface area contributed by atoms with Crippen LogP contribution in [0.1, 0.15) is 11.6 Å². The van der Waals surface area contributed by atoms with E-state index in [0.717, 1.165) is 5.56 Å². The highest BCUT2D eigenvalue weighted by Gasteiger charge is 2.30. The predicted octanol–water partition coefficient (Wildman–Crippen LogP) is 2.76. The number of methoxy groups -OCH3 is 1. The molecule has 1 N–H and O–H groups in total. The zero-order valence-electron chi connectivity index (χ0n) is 11.7. The molecule has 1 aliphatic rings. The lowest BCUT2D eigenvalue weighted by molar-refractivity contribution is 0.325. The predicted molar refractivity (Wildman–Crippen MR) is 83.0 cm³/mol. The number of sulfonamides is 1. The molecule has 0 saturated carbocycles. The molecule has 1 atom stereocenters. The fraction of sp³-hybridized carbons (Fsp3) is 0.200. The Morgan fingerprint density at radius 2 is 2.05 bits per heavy atom. The monoisotopic (exact) mass is 339 g/mol. The molecule has 1 heterocycles. The van der Waals surface area contributed by atoms with Crippen molar-refractivity contribution in [1.82, 2.24) is 4.72 Å². The van der Waals surface area contributed by atoms with Gasteiger partial charge in [-0.1, -0.05) is 29.8 Å². The van der Waals surface area contributed by atoms with Gasteiger partial charge in [0.1, 0.15) is 23.0 Å². The van der Waals surface area contributed by atoms with E-state index in [9.17, 15) is 8.42 Å². The first-order valence-electron chi connectivity index (χ1n) is 6.59. The van der Waals surface area contributed by atoms with Gasteiger partial charge in [-0.05, 0) is 24.3 Å². The van der Waals surface area contributed by atoms with Crippen LogP contribution < -0.4 is 14.2 Å². The average Bonchev–Trinajstić information content (AvgIpc) is 2.90. The molecule has 5 nitrogen and oxygen atoms in total. The molecule has 0 bridgehead atoms. The van der Waals surface area contributed by atoms with E-state index in [-0.39, 0.29) is 17.3 Å². The number of hydrogen-bond donors (Lipinski definition) is 1. The number of rotatable bonds is 4. The van der Waals surface area contributed by atoms with Crippen LogP contribution in [0.25, 0.3) is 0 Å². The highest BCUT2D eigenvalue weighted by atomic mass is 35.5. The van der Waals surface area contributed by atoms with Gasteiger partial charge in [0.15, 0.2) is 0 Å². The van der Waals surface area contributed by atoms with Gasteiger partial charge >= 0.3 is 0 Å². The summed E-state index contributed by atoms with van der Waals surface area (Å²) in [6.07, 6.45) is 0. The van der Waals surface area contributed by atoms with E-state index < -0.39 is 16.1 Å². The first-order valence-corrected chi connectivity index (χ1v) is 8.45. The third-order valence-corrected chi connectivity index (χ3v) is 5.14. The third-order valence-electron chi connectivity index (χ3n) is 3.41. The van der Waals surface area contributed by atoms with Gasteiger partial charge in [-0.25, -0.2) is 8.42 Å². The molecular weight excluding hydrogens is 326 g/mol. The molecule has 1 unspecified atom stereocenters. The van der Waals surface area contributed by atoms with E-state index in [4.69, 9.17) is 21.1 Å². The van der Waals surface area contributed by atoms with Crippen molar-refractivity contribution >= 4 is 21.6 Å².